The Kier molecular flexibility index (Phi) is 11.3. The Labute approximate surface area is 195 Å². The Morgan fingerprint density at radius 2 is 1.76 bits per heavy atom. The summed E-state index contributed by atoms with van der Waals surface area (Å²) in [5, 5.41) is 14.6. The number of nitrogens with zero attached hydrogens (tertiary/aromatic N) is 1. The molecule has 5 atom stereocenters. The summed E-state index contributed by atoms with van der Waals surface area (Å²) in [6, 6.07) is -3.82. The zero-order chi connectivity index (χ0) is 25.3. The maximum atomic E-state index is 13.3. The molecule has 1 aliphatic rings. The van der Waals surface area contributed by atoms with Gasteiger partial charge in [0, 0.05) is 13.0 Å². The molecule has 1 saturated heterocycles. The molecule has 11 nitrogen and oxygen atoms in total. The van der Waals surface area contributed by atoms with Crippen molar-refractivity contribution in [3.63, 3.8) is 0 Å². The number of nitrogens with one attached hydrogen (secondary N) is 2. The zero-order valence-corrected chi connectivity index (χ0v) is 20.0. The largest absolute Gasteiger partial charge is 0.480 e. The van der Waals surface area contributed by atoms with Gasteiger partial charge in [0.25, 0.3) is 0 Å². The van der Waals surface area contributed by atoms with E-state index in [4.69, 9.17) is 11.5 Å². The summed E-state index contributed by atoms with van der Waals surface area (Å²) in [5.41, 5.74) is 11.2. The minimum absolute atomic E-state index is 0.0240. The summed E-state index contributed by atoms with van der Waals surface area (Å²) < 4.78 is 0. The van der Waals surface area contributed by atoms with Crippen LogP contribution in [-0.4, -0.2) is 70.3 Å². The molecular formula is C22H39N5O6. The van der Waals surface area contributed by atoms with Gasteiger partial charge in [-0.15, -0.1) is 0 Å². The highest BCUT2D eigenvalue weighted by Crippen LogP contribution is 2.21. The molecule has 0 bridgehead atoms. The summed E-state index contributed by atoms with van der Waals surface area (Å²) in [5.74, 6) is -3.47. The van der Waals surface area contributed by atoms with E-state index < -0.39 is 53.8 Å². The highest BCUT2D eigenvalue weighted by Gasteiger charge is 2.39. The molecule has 1 fully saturated rings. The molecule has 5 unspecified atom stereocenters. The lowest BCUT2D eigenvalue weighted by Gasteiger charge is -2.30. The molecule has 11 heteroatoms. The van der Waals surface area contributed by atoms with Crippen LogP contribution >= 0.6 is 0 Å². The maximum absolute atomic E-state index is 13.3. The van der Waals surface area contributed by atoms with Crippen molar-refractivity contribution in [2.24, 2.45) is 23.3 Å². The molecule has 33 heavy (non-hydrogen) atoms. The van der Waals surface area contributed by atoms with E-state index in [1.807, 2.05) is 20.8 Å². The molecule has 0 radical (unpaired) electrons. The second kappa shape index (κ2) is 13.1. The monoisotopic (exact) mass is 469 g/mol. The summed E-state index contributed by atoms with van der Waals surface area (Å²) in [6.07, 6.45) is 1.74. The van der Waals surface area contributed by atoms with Gasteiger partial charge in [0.05, 0.1) is 6.04 Å². The lowest BCUT2D eigenvalue weighted by molar-refractivity contribution is -0.146. The Bertz CT molecular complexity index is 728. The average Bonchev–Trinajstić information content (AvgIpc) is 3.22. The smallest absolute Gasteiger partial charge is 0.326 e. The standard InChI is InChI=1S/C22H39N5O6/c1-5-13(4)18(22(32)33)26-20(30)16-7-6-10-27(16)21(31)15(8-9-17(24)28)25-19(29)14(23)11-12(2)3/h12-16,18H,5-11,23H2,1-4H3,(H2,24,28)(H,25,29)(H,26,30)(H,32,33). The van der Waals surface area contributed by atoms with Gasteiger partial charge in [-0.1, -0.05) is 34.1 Å². The first kappa shape index (κ1) is 28.3. The van der Waals surface area contributed by atoms with E-state index in [2.05, 4.69) is 10.6 Å². The van der Waals surface area contributed by atoms with Crippen molar-refractivity contribution in [2.75, 3.05) is 6.54 Å². The van der Waals surface area contributed by atoms with Gasteiger partial charge < -0.3 is 32.1 Å². The van der Waals surface area contributed by atoms with Crippen molar-refractivity contribution in [3.8, 4) is 0 Å². The van der Waals surface area contributed by atoms with E-state index in [-0.39, 0.29) is 31.2 Å². The van der Waals surface area contributed by atoms with Crippen molar-refractivity contribution in [3.05, 3.63) is 0 Å². The average molecular weight is 470 g/mol. The van der Waals surface area contributed by atoms with E-state index in [0.717, 1.165) is 0 Å². The highest BCUT2D eigenvalue weighted by molar-refractivity contribution is 5.94. The number of hydrogen-bond acceptors (Lipinski definition) is 6. The third-order valence-electron chi connectivity index (χ3n) is 5.97. The van der Waals surface area contributed by atoms with E-state index >= 15 is 0 Å². The number of amides is 4. The molecule has 1 aliphatic heterocycles. The lowest BCUT2D eigenvalue weighted by atomic mass is 9.98. The van der Waals surface area contributed by atoms with Crippen molar-refractivity contribution >= 4 is 29.6 Å². The number of carboxylic acids is 1. The fraction of sp³-hybridized carbons (Fsp3) is 0.773. The van der Waals surface area contributed by atoms with Crippen LogP contribution in [0.3, 0.4) is 0 Å². The van der Waals surface area contributed by atoms with E-state index in [9.17, 15) is 29.1 Å². The van der Waals surface area contributed by atoms with Gasteiger partial charge >= 0.3 is 5.97 Å². The van der Waals surface area contributed by atoms with Crippen LogP contribution in [0.25, 0.3) is 0 Å². The van der Waals surface area contributed by atoms with Crippen LogP contribution in [0.2, 0.25) is 0 Å². The number of rotatable bonds is 13. The van der Waals surface area contributed by atoms with Gasteiger partial charge in [-0.25, -0.2) is 4.79 Å². The third-order valence-corrected chi connectivity index (χ3v) is 5.97. The molecular weight excluding hydrogens is 430 g/mol. The fourth-order valence-electron chi connectivity index (χ4n) is 3.87. The summed E-state index contributed by atoms with van der Waals surface area (Å²) in [6.45, 7) is 7.67. The predicted octanol–water partition coefficient (Wildman–Crippen LogP) is -0.283. The fourth-order valence-corrected chi connectivity index (χ4v) is 3.87. The molecule has 0 spiro atoms. The number of likely N-dealkylation sites (tertiary alicyclic amines) is 1. The first-order valence-corrected chi connectivity index (χ1v) is 11.6. The Morgan fingerprint density at radius 1 is 1.12 bits per heavy atom. The molecule has 4 amide bonds. The van der Waals surface area contributed by atoms with Gasteiger partial charge in [0.2, 0.25) is 23.6 Å². The van der Waals surface area contributed by atoms with Crippen molar-refractivity contribution in [1.82, 2.24) is 15.5 Å². The molecule has 188 valence electrons. The van der Waals surface area contributed by atoms with Gasteiger partial charge in [-0.3, -0.25) is 19.2 Å². The topological polar surface area (TPSA) is 185 Å². The van der Waals surface area contributed by atoms with Crippen molar-refractivity contribution in [1.29, 1.82) is 0 Å². The predicted molar refractivity (Wildman–Crippen MR) is 122 cm³/mol. The molecule has 0 aromatic rings. The molecule has 0 aliphatic carbocycles. The number of carbonyl (C=O) groups excluding carboxylic acids is 4. The van der Waals surface area contributed by atoms with Crippen LogP contribution in [0.15, 0.2) is 0 Å². The molecule has 7 N–H and O–H groups in total. The van der Waals surface area contributed by atoms with Crippen molar-refractivity contribution in [2.45, 2.75) is 90.4 Å². The van der Waals surface area contributed by atoms with Gasteiger partial charge in [0.1, 0.15) is 18.1 Å². The molecule has 1 heterocycles. The molecule has 1 rings (SSSR count). The van der Waals surface area contributed by atoms with Crippen LogP contribution < -0.4 is 22.1 Å². The number of primary amides is 1. The first-order chi connectivity index (χ1) is 15.4. The molecule has 0 aromatic carbocycles. The zero-order valence-electron chi connectivity index (χ0n) is 20.0. The van der Waals surface area contributed by atoms with Crippen LogP contribution in [0.1, 0.15) is 66.2 Å². The molecule has 0 aromatic heterocycles. The number of aliphatic carboxylic acids is 1. The Balaban J connectivity index is 2.99. The highest BCUT2D eigenvalue weighted by atomic mass is 16.4. The van der Waals surface area contributed by atoms with Crippen LogP contribution in [0, 0.1) is 11.8 Å². The first-order valence-electron chi connectivity index (χ1n) is 11.6. The summed E-state index contributed by atoms with van der Waals surface area (Å²) >= 11 is 0. The number of hydrogen-bond donors (Lipinski definition) is 5. The Hall–Kier alpha value is -2.69. The van der Waals surface area contributed by atoms with Crippen LogP contribution in [0.4, 0.5) is 0 Å². The van der Waals surface area contributed by atoms with Gasteiger partial charge in [0.15, 0.2) is 0 Å². The van der Waals surface area contributed by atoms with E-state index in [1.165, 1.54) is 4.90 Å². The summed E-state index contributed by atoms with van der Waals surface area (Å²) in [7, 11) is 0. The third kappa shape index (κ3) is 8.64. The SMILES string of the molecule is CCC(C)C(NC(=O)C1CCCN1C(=O)C(CCC(N)=O)NC(=O)C(N)CC(C)C)C(=O)O. The van der Waals surface area contributed by atoms with Crippen LogP contribution in [-0.2, 0) is 24.0 Å². The second-order valence-electron chi connectivity index (χ2n) is 9.20. The van der Waals surface area contributed by atoms with E-state index in [0.29, 0.717) is 25.7 Å². The van der Waals surface area contributed by atoms with Crippen LogP contribution in [0.5, 0.6) is 0 Å². The van der Waals surface area contributed by atoms with Gasteiger partial charge in [-0.05, 0) is 37.5 Å². The minimum atomic E-state index is -1.14. The summed E-state index contributed by atoms with van der Waals surface area (Å²) in [4.78, 5) is 62.9. The Morgan fingerprint density at radius 3 is 2.27 bits per heavy atom. The maximum Gasteiger partial charge on any atom is 0.326 e. The minimum Gasteiger partial charge on any atom is -0.480 e. The van der Waals surface area contributed by atoms with Crippen molar-refractivity contribution < 1.29 is 29.1 Å². The normalized spacial score (nSPS) is 19.5. The number of carbonyl (C=O) groups is 5. The second-order valence-corrected chi connectivity index (χ2v) is 9.20. The number of carboxylic acid groups (broad SMARTS) is 1. The molecule has 0 saturated carbocycles. The van der Waals surface area contributed by atoms with E-state index in [1.54, 1.807) is 6.92 Å². The quantitative estimate of drug-likeness (QED) is 0.245. The number of nitrogens with two attached hydrogens (primary N) is 2. The lowest BCUT2D eigenvalue weighted by Crippen LogP contribution is -2.57. The van der Waals surface area contributed by atoms with Gasteiger partial charge in [-0.2, -0.15) is 0 Å².